The second-order valence-corrected chi connectivity index (χ2v) is 1.97. The highest BCUT2D eigenvalue weighted by Gasteiger charge is 2.11. The Balaban J connectivity index is 2.14. The van der Waals surface area contributed by atoms with Crippen LogP contribution in [0.5, 0.6) is 0 Å². The Morgan fingerprint density at radius 3 is 3.12 bits per heavy atom. The zero-order valence-electron chi connectivity index (χ0n) is 4.68. The fraction of sp³-hybridized carbons (Fsp3) is 0.800. The molecule has 0 aromatic rings. The van der Waals surface area contributed by atoms with Crippen molar-refractivity contribution in [2.24, 2.45) is 0 Å². The van der Waals surface area contributed by atoms with Crippen LogP contribution in [0.3, 0.4) is 0 Å². The second-order valence-electron chi connectivity index (χ2n) is 1.97. The smallest absolute Gasteiger partial charge is 0.207 e. The largest absolute Gasteiger partial charge is 0.355 e. The Hall–Kier alpha value is -0.570. The third kappa shape index (κ3) is 1.20. The zero-order valence-corrected chi connectivity index (χ0v) is 4.68. The number of hydrogen-bond donors (Lipinski definition) is 2. The molecule has 46 valence electrons. The molecule has 1 aliphatic heterocycles. The summed E-state index contributed by atoms with van der Waals surface area (Å²) in [7, 11) is 0. The van der Waals surface area contributed by atoms with E-state index in [-0.39, 0.29) is 0 Å². The first-order valence-electron chi connectivity index (χ1n) is 2.84. The van der Waals surface area contributed by atoms with Gasteiger partial charge in [-0.2, -0.15) is 0 Å². The van der Waals surface area contributed by atoms with E-state index < -0.39 is 0 Å². The summed E-state index contributed by atoms with van der Waals surface area (Å²) in [4.78, 5) is 9.82. The molecule has 0 bridgehead atoms. The summed E-state index contributed by atoms with van der Waals surface area (Å²) in [6.07, 6.45) is 1.83. The van der Waals surface area contributed by atoms with E-state index in [1.807, 2.05) is 0 Å². The SMILES string of the molecule is O=CN[C@H]1CCNC1. The van der Waals surface area contributed by atoms with Crippen molar-refractivity contribution in [2.75, 3.05) is 13.1 Å². The van der Waals surface area contributed by atoms with E-state index in [1.54, 1.807) is 0 Å². The average molecular weight is 114 g/mol. The molecule has 8 heavy (non-hydrogen) atoms. The number of carbonyl (C=O) groups is 1. The van der Waals surface area contributed by atoms with E-state index in [0.717, 1.165) is 25.9 Å². The molecule has 0 aliphatic carbocycles. The van der Waals surface area contributed by atoms with Gasteiger partial charge in [-0.15, -0.1) is 0 Å². The number of rotatable bonds is 2. The van der Waals surface area contributed by atoms with Gasteiger partial charge < -0.3 is 10.6 Å². The minimum atomic E-state index is 0.382. The van der Waals surface area contributed by atoms with Crippen molar-refractivity contribution in [1.82, 2.24) is 10.6 Å². The summed E-state index contributed by atoms with van der Waals surface area (Å²) >= 11 is 0. The Morgan fingerprint density at radius 1 is 1.75 bits per heavy atom. The normalized spacial score (nSPS) is 27.8. The molecule has 1 amide bonds. The average Bonchev–Trinajstić information content (AvgIpc) is 2.19. The van der Waals surface area contributed by atoms with Gasteiger partial charge >= 0.3 is 0 Å². The molecule has 0 radical (unpaired) electrons. The molecule has 3 heteroatoms. The van der Waals surface area contributed by atoms with Gasteiger partial charge in [-0.05, 0) is 13.0 Å². The summed E-state index contributed by atoms with van der Waals surface area (Å²) in [6, 6.07) is 0.382. The van der Waals surface area contributed by atoms with Crippen LogP contribution in [0.4, 0.5) is 0 Å². The minimum Gasteiger partial charge on any atom is -0.355 e. The molecule has 1 rings (SSSR count). The molecule has 0 spiro atoms. The van der Waals surface area contributed by atoms with E-state index in [4.69, 9.17) is 0 Å². The monoisotopic (exact) mass is 114 g/mol. The highest BCUT2D eigenvalue weighted by molar-refractivity contribution is 5.46. The van der Waals surface area contributed by atoms with E-state index in [9.17, 15) is 4.79 Å². The molecule has 1 fully saturated rings. The molecule has 0 unspecified atom stereocenters. The predicted octanol–water partition coefficient (Wildman–Crippen LogP) is -0.906. The number of nitrogens with one attached hydrogen (secondary N) is 2. The maximum atomic E-state index is 9.82. The first kappa shape index (κ1) is 5.56. The van der Waals surface area contributed by atoms with Gasteiger partial charge in [-0.1, -0.05) is 0 Å². The molecule has 1 atom stereocenters. The van der Waals surface area contributed by atoms with Gasteiger partial charge in [0, 0.05) is 12.6 Å². The minimum absolute atomic E-state index is 0.382. The van der Waals surface area contributed by atoms with Crippen LogP contribution in [0.2, 0.25) is 0 Å². The van der Waals surface area contributed by atoms with Crippen LogP contribution in [0.25, 0.3) is 0 Å². The lowest BCUT2D eigenvalue weighted by Gasteiger charge is -2.02. The van der Waals surface area contributed by atoms with Crippen LogP contribution in [-0.4, -0.2) is 25.5 Å². The molecule has 0 aromatic heterocycles. The van der Waals surface area contributed by atoms with Crippen LogP contribution in [-0.2, 0) is 4.79 Å². The predicted molar refractivity (Wildman–Crippen MR) is 30.5 cm³/mol. The fourth-order valence-corrected chi connectivity index (χ4v) is 0.893. The van der Waals surface area contributed by atoms with E-state index >= 15 is 0 Å². The molecular weight excluding hydrogens is 104 g/mol. The molecule has 1 saturated heterocycles. The van der Waals surface area contributed by atoms with Crippen molar-refractivity contribution in [3.8, 4) is 0 Å². The van der Waals surface area contributed by atoms with Gasteiger partial charge in [-0.25, -0.2) is 0 Å². The van der Waals surface area contributed by atoms with Crippen LogP contribution in [0.15, 0.2) is 0 Å². The van der Waals surface area contributed by atoms with Crippen LogP contribution < -0.4 is 10.6 Å². The lowest BCUT2D eigenvalue weighted by atomic mass is 10.3. The van der Waals surface area contributed by atoms with Gasteiger partial charge in [0.1, 0.15) is 0 Å². The summed E-state index contributed by atoms with van der Waals surface area (Å²) in [5.74, 6) is 0. The van der Waals surface area contributed by atoms with Crippen LogP contribution in [0, 0.1) is 0 Å². The Morgan fingerprint density at radius 2 is 2.62 bits per heavy atom. The number of amides is 1. The Kier molecular flexibility index (Phi) is 1.86. The van der Waals surface area contributed by atoms with E-state index in [2.05, 4.69) is 10.6 Å². The second kappa shape index (κ2) is 2.67. The van der Waals surface area contributed by atoms with E-state index in [0.29, 0.717) is 6.04 Å². The third-order valence-corrected chi connectivity index (χ3v) is 1.36. The highest BCUT2D eigenvalue weighted by Crippen LogP contribution is 1.93. The quantitative estimate of drug-likeness (QED) is 0.456. The number of carbonyl (C=O) groups excluding carboxylic acids is 1. The van der Waals surface area contributed by atoms with Gasteiger partial charge in [0.2, 0.25) is 6.41 Å². The van der Waals surface area contributed by atoms with Crippen molar-refractivity contribution in [3.05, 3.63) is 0 Å². The molecule has 2 N–H and O–H groups in total. The standard InChI is InChI=1S/C5H10N2O/c8-4-7-5-1-2-6-3-5/h4-6H,1-3H2,(H,7,8)/t5-/m0/s1. The van der Waals surface area contributed by atoms with Crippen molar-refractivity contribution in [3.63, 3.8) is 0 Å². The lowest BCUT2D eigenvalue weighted by molar-refractivity contribution is -0.110. The van der Waals surface area contributed by atoms with Crippen LogP contribution in [0.1, 0.15) is 6.42 Å². The molecule has 1 aliphatic rings. The third-order valence-electron chi connectivity index (χ3n) is 1.36. The maximum absolute atomic E-state index is 9.82. The van der Waals surface area contributed by atoms with Gasteiger partial charge in [0.15, 0.2) is 0 Å². The van der Waals surface area contributed by atoms with Crippen molar-refractivity contribution >= 4 is 6.41 Å². The van der Waals surface area contributed by atoms with Gasteiger partial charge in [0.05, 0.1) is 0 Å². The van der Waals surface area contributed by atoms with Gasteiger partial charge in [-0.3, -0.25) is 4.79 Å². The summed E-state index contributed by atoms with van der Waals surface area (Å²) in [5, 5.41) is 5.84. The summed E-state index contributed by atoms with van der Waals surface area (Å²) in [6.45, 7) is 1.96. The molecule has 0 saturated carbocycles. The lowest BCUT2D eigenvalue weighted by Crippen LogP contribution is -2.29. The van der Waals surface area contributed by atoms with Crippen molar-refractivity contribution in [1.29, 1.82) is 0 Å². The molecule has 3 nitrogen and oxygen atoms in total. The van der Waals surface area contributed by atoms with Crippen molar-refractivity contribution in [2.45, 2.75) is 12.5 Å². The van der Waals surface area contributed by atoms with Crippen molar-refractivity contribution < 1.29 is 4.79 Å². The van der Waals surface area contributed by atoms with Crippen LogP contribution >= 0.6 is 0 Å². The highest BCUT2D eigenvalue weighted by atomic mass is 16.1. The topological polar surface area (TPSA) is 41.1 Å². The first-order valence-corrected chi connectivity index (χ1v) is 2.84. The summed E-state index contributed by atoms with van der Waals surface area (Å²) < 4.78 is 0. The van der Waals surface area contributed by atoms with Gasteiger partial charge in [0.25, 0.3) is 0 Å². The number of hydrogen-bond acceptors (Lipinski definition) is 2. The molecule has 0 aromatic carbocycles. The molecule has 1 heterocycles. The van der Waals surface area contributed by atoms with E-state index in [1.165, 1.54) is 0 Å². The fourth-order valence-electron chi connectivity index (χ4n) is 0.893. The maximum Gasteiger partial charge on any atom is 0.207 e. The Bertz CT molecular complexity index is 78.5. The first-order chi connectivity index (χ1) is 3.93. The molecular formula is C5H10N2O. The Labute approximate surface area is 48.5 Å². The zero-order chi connectivity index (χ0) is 5.82. The summed E-state index contributed by atoms with van der Waals surface area (Å²) in [5.41, 5.74) is 0.